The molecule has 0 radical (unpaired) electrons. The van der Waals surface area contributed by atoms with Crippen LogP contribution in [0.15, 0.2) is 42.6 Å². The van der Waals surface area contributed by atoms with Crippen molar-refractivity contribution >= 4 is 17.6 Å². The minimum Gasteiger partial charge on any atom is -0.378 e. The Balaban J connectivity index is 1.85. The summed E-state index contributed by atoms with van der Waals surface area (Å²) in [4.78, 5) is 4.61. The number of nitrogens with one attached hydrogen (secondary N) is 1. The van der Waals surface area contributed by atoms with Gasteiger partial charge in [0, 0.05) is 35.7 Å². The largest absolute Gasteiger partial charge is 0.378 e. The molecule has 0 amide bonds. The van der Waals surface area contributed by atoms with E-state index in [-0.39, 0.29) is 5.25 Å². The third-order valence-corrected chi connectivity index (χ3v) is 6.93. The molecule has 1 aliphatic rings. The van der Waals surface area contributed by atoms with Crippen molar-refractivity contribution in [3.8, 4) is 23.2 Å². The lowest BCUT2D eigenvalue weighted by Gasteiger charge is -2.19. The fourth-order valence-electron chi connectivity index (χ4n) is 3.91. The Morgan fingerprint density at radius 2 is 2.09 bits per heavy atom. The van der Waals surface area contributed by atoms with E-state index in [1.165, 1.54) is 16.7 Å². The molecule has 0 saturated heterocycles. The lowest BCUT2D eigenvalue weighted by Crippen LogP contribution is -2.19. The van der Waals surface area contributed by atoms with Gasteiger partial charge in [0.2, 0.25) is 0 Å². The van der Waals surface area contributed by atoms with Gasteiger partial charge >= 0.3 is 0 Å². The molecule has 0 aliphatic carbocycles. The molecule has 0 bridgehead atoms. The molecule has 32 heavy (non-hydrogen) atoms. The van der Waals surface area contributed by atoms with Gasteiger partial charge in [0.05, 0.1) is 10.9 Å². The van der Waals surface area contributed by atoms with Crippen molar-refractivity contribution in [1.82, 2.24) is 14.8 Å². The Labute approximate surface area is 194 Å². The molecule has 1 aliphatic heterocycles. The van der Waals surface area contributed by atoms with Gasteiger partial charge in [0.15, 0.2) is 0 Å². The molecule has 2 aromatic heterocycles. The highest BCUT2D eigenvalue weighted by Crippen LogP contribution is 2.47. The fourth-order valence-corrected chi connectivity index (χ4v) is 5.31. The Bertz CT molecular complexity index is 1170. The highest BCUT2D eigenvalue weighted by Gasteiger charge is 2.32. The Kier molecular flexibility index (Phi) is 6.32. The molecule has 1 aromatic carbocycles. The zero-order chi connectivity index (χ0) is 22.9. The van der Waals surface area contributed by atoms with Crippen molar-refractivity contribution in [2.75, 3.05) is 11.1 Å². The molecule has 0 fully saturated rings. The number of benzene rings is 1. The van der Waals surface area contributed by atoms with Crippen LogP contribution >= 0.6 is 11.8 Å². The van der Waals surface area contributed by atoms with Gasteiger partial charge in [0.1, 0.15) is 17.1 Å². The molecule has 0 saturated carbocycles. The smallest absolute Gasteiger partial charge is 0.129 e. The van der Waals surface area contributed by atoms with E-state index in [0.717, 1.165) is 35.1 Å². The van der Waals surface area contributed by atoms with E-state index in [0.29, 0.717) is 6.04 Å². The van der Waals surface area contributed by atoms with Gasteiger partial charge in [-0.2, -0.15) is 5.10 Å². The predicted octanol–water partition coefficient (Wildman–Crippen LogP) is 5.03. The van der Waals surface area contributed by atoms with Crippen LogP contribution in [-0.4, -0.2) is 37.3 Å². The minimum atomic E-state index is -1.01. The van der Waals surface area contributed by atoms with Crippen LogP contribution in [0.4, 0.5) is 5.82 Å². The van der Waals surface area contributed by atoms with Crippen molar-refractivity contribution in [3.05, 3.63) is 64.8 Å². The van der Waals surface area contributed by atoms with Crippen molar-refractivity contribution < 1.29 is 5.11 Å². The first-order valence-corrected chi connectivity index (χ1v) is 12.1. The second-order valence-corrected chi connectivity index (χ2v) is 9.92. The van der Waals surface area contributed by atoms with Gasteiger partial charge in [-0.25, -0.2) is 4.68 Å². The first kappa shape index (κ1) is 22.4. The Morgan fingerprint density at radius 3 is 2.75 bits per heavy atom. The number of hydrogen-bond donors (Lipinski definition) is 2. The number of aromatic nitrogens is 3. The SMILES string of the molecule is CCn1nc(-c2ccccn2)c2c1N[C@@H](C)CS[C@@H]2c1ccc(C#CC(C)(C)O)cc1C. The van der Waals surface area contributed by atoms with Crippen LogP contribution in [0.2, 0.25) is 0 Å². The Morgan fingerprint density at radius 1 is 1.28 bits per heavy atom. The van der Waals surface area contributed by atoms with Crippen LogP contribution in [0, 0.1) is 18.8 Å². The van der Waals surface area contributed by atoms with Gasteiger partial charge < -0.3 is 10.4 Å². The molecule has 5 nitrogen and oxygen atoms in total. The summed E-state index contributed by atoms with van der Waals surface area (Å²) in [6, 6.07) is 12.6. The van der Waals surface area contributed by atoms with Gasteiger partial charge in [0.25, 0.3) is 0 Å². The van der Waals surface area contributed by atoms with Gasteiger partial charge in [-0.05, 0) is 70.0 Å². The van der Waals surface area contributed by atoms with E-state index >= 15 is 0 Å². The first-order chi connectivity index (χ1) is 15.3. The highest BCUT2D eigenvalue weighted by atomic mass is 32.2. The maximum atomic E-state index is 9.94. The second-order valence-electron chi connectivity index (χ2n) is 8.78. The number of anilines is 1. The molecule has 0 spiro atoms. The topological polar surface area (TPSA) is 63.0 Å². The molecule has 6 heteroatoms. The molecular weight excluding hydrogens is 416 g/mol. The second kappa shape index (κ2) is 9.01. The monoisotopic (exact) mass is 446 g/mol. The van der Waals surface area contributed by atoms with Crippen LogP contribution in [0.3, 0.4) is 0 Å². The van der Waals surface area contributed by atoms with Gasteiger partial charge in [-0.1, -0.05) is 24.0 Å². The third kappa shape index (κ3) is 4.69. The number of aliphatic hydroxyl groups is 1. The summed E-state index contributed by atoms with van der Waals surface area (Å²) < 4.78 is 2.06. The van der Waals surface area contributed by atoms with Crippen molar-refractivity contribution in [2.45, 2.75) is 58.1 Å². The maximum absolute atomic E-state index is 9.94. The number of nitrogens with zero attached hydrogens (tertiary/aromatic N) is 3. The number of aryl methyl sites for hydroxylation is 2. The molecule has 2 atom stereocenters. The third-order valence-electron chi connectivity index (χ3n) is 5.42. The average Bonchev–Trinajstić information content (AvgIpc) is 3.02. The molecule has 2 N–H and O–H groups in total. The van der Waals surface area contributed by atoms with E-state index in [1.807, 2.05) is 42.2 Å². The van der Waals surface area contributed by atoms with E-state index in [2.05, 4.69) is 59.7 Å². The van der Waals surface area contributed by atoms with Gasteiger partial charge in [-0.15, -0.1) is 11.8 Å². The Hall–Kier alpha value is -2.75. The zero-order valence-corrected chi connectivity index (χ0v) is 20.1. The molecular formula is C26H30N4OS. The number of hydrogen-bond acceptors (Lipinski definition) is 5. The summed E-state index contributed by atoms with van der Waals surface area (Å²) in [5.41, 5.74) is 5.36. The average molecular weight is 447 g/mol. The van der Waals surface area contributed by atoms with Crippen LogP contribution < -0.4 is 5.32 Å². The van der Waals surface area contributed by atoms with Gasteiger partial charge in [-0.3, -0.25) is 4.98 Å². The van der Waals surface area contributed by atoms with Crippen LogP contribution in [0.1, 0.15) is 55.2 Å². The van der Waals surface area contributed by atoms with Crippen molar-refractivity contribution in [1.29, 1.82) is 0 Å². The number of fused-ring (bicyclic) bond motifs is 1. The number of pyridine rings is 1. The molecule has 4 rings (SSSR count). The summed E-state index contributed by atoms with van der Waals surface area (Å²) in [5, 5.41) is 18.7. The quantitative estimate of drug-likeness (QED) is 0.553. The van der Waals surface area contributed by atoms with E-state index < -0.39 is 5.60 Å². The lowest BCUT2D eigenvalue weighted by molar-refractivity contribution is 0.143. The highest BCUT2D eigenvalue weighted by molar-refractivity contribution is 7.99. The first-order valence-electron chi connectivity index (χ1n) is 11.0. The molecule has 3 heterocycles. The molecule has 3 aromatic rings. The van der Waals surface area contributed by atoms with E-state index in [4.69, 9.17) is 5.10 Å². The molecule has 0 unspecified atom stereocenters. The number of thioether (sulfide) groups is 1. The van der Waals surface area contributed by atoms with E-state index in [9.17, 15) is 5.11 Å². The van der Waals surface area contributed by atoms with Crippen LogP contribution in [0.5, 0.6) is 0 Å². The lowest BCUT2D eigenvalue weighted by atomic mass is 9.96. The van der Waals surface area contributed by atoms with E-state index in [1.54, 1.807) is 13.8 Å². The van der Waals surface area contributed by atoms with Crippen molar-refractivity contribution in [2.24, 2.45) is 0 Å². The predicted molar refractivity (Wildman–Crippen MR) is 133 cm³/mol. The summed E-state index contributed by atoms with van der Waals surface area (Å²) >= 11 is 1.94. The summed E-state index contributed by atoms with van der Waals surface area (Å²) in [5.74, 6) is 8.08. The summed E-state index contributed by atoms with van der Waals surface area (Å²) in [6.07, 6.45) is 1.82. The summed E-state index contributed by atoms with van der Waals surface area (Å²) in [6.45, 7) is 10.7. The number of rotatable bonds is 3. The zero-order valence-electron chi connectivity index (χ0n) is 19.3. The normalized spacial score (nSPS) is 18.2. The standard InChI is InChI=1S/C26H30N4OS/c1-6-30-25-22(23(29-30)21-9-7-8-14-27-21)24(32-16-18(3)28-25)20-11-10-19(15-17(20)2)12-13-26(4,5)31/h7-11,14-15,18,24,28,31H,6,16H2,1-5H3/t18-,24+/m0/s1. The minimum absolute atomic E-state index is 0.135. The summed E-state index contributed by atoms with van der Waals surface area (Å²) in [7, 11) is 0. The fraction of sp³-hybridized carbons (Fsp3) is 0.385. The van der Waals surface area contributed by atoms with Crippen molar-refractivity contribution in [3.63, 3.8) is 0 Å². The molecule has 166 valence electrons. The van der Waals surface area contributed by atoms with Crippen LogP contribution in [0.25, 0.3) is 11.4 Å². The van der Waals surface area contributed by atoms with Crippen LogP contribution in [-0.2, 0) is 6.54 Å². The maximum Gasteiger partial charge on any atom is 0.129 e.